The van der Waals surface area contributed by atoms with Crippen LogP contribution >= 0.6 is 11.6 Å². The fraction of sp³-hybridized carbons (Fsp3) is 0.200. The van der Waals surface area contributed by atoms with Gasteiger partial charge in [0, 0.05) is 43.7 Å². The number of anilines is 1. The van der Waals surface area contributed by atoms with E-state index in [-0.39, 0.29) is 23.5 Å². The van der Waals surface area contributed by atoms with Crippen LogP contribution in [0.15, 0.2) is 88.1 Å². The standard InChI is InChI=1S/C30H25ClN4O4/c31-22-11-9-20(10-12-22)17-24(33-29(37)28-18-26(36)23-6-2-4-8-27(23)39-28)30(38)35-15-13-34(14-16-35)25-7-3-1-5-21(25)19-32/h1-12,18,24H,13-17H2,(H,33,37)/t24-/m1/s1. The molecule has 8 nitrogen and oxygen atoms in total. The molecule has 0 unspecified atom stereocenters. The summed E-state index contributed by atoms with van der Waals surface area (Å²) in [6.07, 6.45) is 0.233. The molecule has 2 amide bonds. The number of amides is 2. The third-order valence-corrected chi connectivity index (χ3v) is 7.02. The third-order valence-electron chi connectivity index (χ3n) is 6.77. The van der Waals surface area contributed by atoms with Gasteiger partial charge in [-0.15, -0.1) is 0 Å². The van der Waals surface area contributed by atoms with E-state index >= 15 is 0 Å². The Labute approximate surface area is 230 Å². The minimum Gasteiger partial charge on any atom is -0.451 e. The molecule has 1 atom stereocenters. The Morgan fingerprint density at radius 2 is 1.67 bits per heavy atom. The number of nitrogens with one attached hydrogen (secondary N) is 1. The monoisotopic (exact) mass is 540 g/mol. The van der Waals surface area contributed by atoms with E-state index in [0.29, 0.717) is 47.7 Å². The molecule has 1 aliphatic rings. The number of fused-ring (bicyclic) bond motifs is 1. The molecule has 0 saturated carbocycles. The van der Waals surface area contributed by atoms with E-state index in [4.69, 9.17) is 16.0 Å². The van der Waals surface area contributed by atoms with E-state index in [9.17, 15) is 19.6 Å². The van der Waals surface area contributed by atoms with Gasteiger partial charge >= 0.3 is 0 Å². The predicted molar refractivity (Wildman–Crippen MR) is 149 cm³/mol. The number of hydrogen-bond acceptors (Lipinski definition) is 6. The van der Waals surface area contributed by atoms with Crippen molar-refractivity contribution in [3.05, 3.63) is 111 Å². The summed E-state index contributed by atoms with van der Waals surface area (Å²) in [6, 6.07) is 23.6. The fourth-order valence-corrected chi connectivity index (χ4v) is 4.86. The molecule has 1 aliphatic heterocycles. The highest BCUT2D eigenvalue weighted by Gasteiger charge is 2.30. The number of hydrogen-bond donors (Lipinski definition) is 1. The number of para-hydroxylation sites is 2. The van der Waals surface area contributed by atoms with Gasteiger partial charge in [-0.2, -0.15) is 5.26 Å². The molecule has 0 radical (unpaired) electrons. The zero-order valence-electron chi connectivity index (χ0n) is 21.0. The topological polar surface area (TPSA) is 107 Å². The first-order valence-electron chi connectivity index (χ1n) is 12.5. The number of nitrogens with zero attached hydrogens (tertiary/aromatic N) is 3. The van der Waals surface area contributed by atoms with Crippen molar-refractivity contribution in [1.29, 1.82) is 5.26 Å². The molecule has 1 fully saturated rings. The lowest BCUT2D eigenvalue weighted by atomic mass is 10.0. The Bertz CT molecular complexity index is 1620. The van der Waals surface area contributed by atoms with E-state index in [0.717, 1.165) is 17.3 Å². The molecule has 2 heterocycles. The quantitative estimate of drug-likeness (QED) is 0.396. The summed E-state index contributed by atoms with van der Waals surface area (Å²) in [5.41, 5.74) is 2.20. The lowest BCUT2D eigenvalue weighted by molar-refractivity contribution is -0.133. The van der Waals surface area contributed by atoms with Gasteiger partial charge in [-0.05, 0) is 42.0 Å². The van der Waals surface area contributed by atoms with Crippen molar-refractivity contribution in [2.75, 3.05) is 31.1 Å². The molecule has 4 aromatic rings. The van der Waals surface area contributed by atoms with Crippen LogP contribution in [-0.2, 0) is 11.2 Å². The maximum Gasteiger partial charge on any atom is 0.287 e. The first-order chi connectivity index (χ1) is 18.9. The summed E-state index contributed by atoms with van der Waals surface area (Å²) in [6.45, 7) is 1.95. The average molecular weight is 541 g/mol. The molecule has 0 spiro atoms. The first-order valence-corrected chi connectivity index (χ1v) is 12.9. The van der Waals surface area contributed by atoms with Crippen molar-refractivity contribution in [2.24, 2.45) is 0 Å². The number of carbonyl (C=O) groups is 2. The third kappa shape index (κ3) is 5.79. The van der Waals surface area contributed by atoms with Crippen LogP contribution in [0, 0.1) is 11.3 Å². The van der Waals surface area contributed by atoms with E-state index in [1.165, 1.54) is 0 Å². The van der Waals surface area contributed by atoms with Crippen molar-refractivity contribution in [3.8, 4) is 6.07 Å². The maximum absolute atomic E-state index is 13.7. The minimum absolute atomic E-state index is 0.162. The van der Waals surface area contributed by atoms with Gasteiger partial charge in [-0.3, -0.25) is 14.4 Å². The summed E-state index contributed by atoms with van der Waals surface area (Å²) < 4.78 is 5.69. The molecule has 9 heteroatoms. The van der Waals surface area contributed by atoms with Crippen molar-refractivity contribution in [1.82, 2.24) is 10.2 Å². The van der Waals surface area contributed by atoms with Gasteiger partial charge in [0.05, 0.1) is 16.6 Å². The van der Waals surface area contributed by atoms with Crippen molar-refractivity contribution >= 4 is 40.1 Å². The predicted octanol–water partition coefficient (Wildman–Crippen LogP) is 4.01. The van der Waals surface area contributed by atoms with Crippen LogP contribution in [0.1, 0.15) is 21.7 Å². The second-order valence-corrected chi connectivity index (χ2v) is 9.71. The number of nitriles is 1. The van der Waals surface area contributed by atoms with Gasteiger partial charge in [0.1, 0.15) is 17.7 Å². The van der Waals surface area contributed by atoms with E-state index in [2.05, 4.69) is 16.3 Å². The summed E-state index contributed by atoms with van der Waals surface area (Å²) in [5.74, 6) is -1.05. The molecule has 1 N–H and O–H groups in total. The van der Waals surface area contributed by atoms with E-state index in [1.54, 1.807) is 47.4 Å². The van der Waals surface area contributed by atoms with Gasteiger partial charge in [0.2, 0.25) is 5.91 Å². The van der Waals surface area contributed by atoms with Crippen molar-refractivity contribution in [3.63, 3.8) is 0 Å². The van der Waals surface area contributed by atoms with Gasteiger partial charge in [0.25, 0.3) is 5.91 Å². The van der Waals surface area contributed by atoms with Gasteiger partial charge in [-0.1, -0.05) is 48.0 Å². The van der Waals surface area contributed by atoms with Crippen LogP contribution in [0.25, 0.3) is 11.0 Å². The number of halogens is 1. The Morgan fingerprint density at radius 1 is 0.974 bits per heavy atom. The zero-order valence-corrected chi connectivity index (χ0v) is 21.7. The molecular weight excluding hydrogens is 516 g/mol. The normalized spacial score (nSPS) is 14.1. The van der Waals surface area contributed by atoms with Gasteiger partial charge in [-0.25, -0.2) is 0 Å². The number of benzene rings is 3. The van der Waals surface area contributed by atoms with Crippen molar-refractivity contribution in [2.45, 2.75) is 12.5 Å². The highest BCUT2D eigenvalue weighted by atomic mass is 35.5. The molecule has 1 saturated heterocycles. The highest BCUT2D eigenvalue weighted by Crippen LogP contribution is 2.22. The largest absolute Gasteiger partial charge is 0.451 e. The molecular formula is C30H25ClN4O4. The van der Waals surface area contributed by atoms with Gasteiger partial charge in [0.15, 0.2) is 11.2 Å². The van der Waals surface area contributed by atoms with Crippen LogP contribution in [0.4, 0.5) is 5.69 Å². The lowest BCUT2D eigenvalue weighted by Crippen LogP contribution is -2.55. The summed E-state index contributed by atoms with van der Waals surface area (Å²) >= 11 is 6.03. The van der Waals surface area contributed by atoms with Crippen LogP contribution in [0.5, 0.6) is 0 Å². The zero-order chi connectivity index (χ0) is 27.4. The van der Waals surface area contributed by atoms with Crippen LogP contribution in [-0.4, -0.2) is 48.9 Å². The molecule has 3 aromatic carbocycles. The number of rotatable bonds is 6. The first kappa shape index (κ1) is 26.0. The molecule has 0 bridgehead atoms. The number of carbonyl (C=O) groups excluding carboxylic acids is 2. The molecule has 5 rings (SSSR count). The Hall–Kier alpha value is -4.61. The Balaban J connectivity index is 1.35. The van der Waals surface area contributed by atoms with Crippen LogP contribution in [0.2, 0.25) is 5.02 Å². The Morgan fingerprint density at radius 3 is 2.41 bits per heavy atom. The van der Waals surface area contributed by atoms with Gasteiger partial charge < -0.3 is 19.5 Å². The molecule has 196 valence electrons. The maximum atomic E-state index is 13.7. The second kappa shape index (κ2) is 11.4. The summed E-state index contributed by atoms with van der Waals surface area (Å²) in [7, 11) is 0. The van der Waals surface area contributed by atoms with Crippen molar-refractivity contribution < 1.29 is 14.0 Å². The highest BCUT2D eigenvalue weighted by molar-refractivity contribution is 6.30. The van der Waals surface area contributed by atoms with Crippen LogP contribution < -0.4 is 15.6 Å². The average Bonchev–Trinajstić information content (AvgIpc) is 2.97. The lowest BCUT2D eigenvalue weighted by Gasteiger charge is -2.38. The fourth-order valence-electron chi connectivity index (χ4n) is 4.73. The second-order valence-electron chi connectivity index (χ2n) is 9.27. The SMILES string of the molecule is N#Cc1ccccc1N1CCN(C(=O)[C@@H](Cc2ccc(Cl)cc2)NC(=O)c2cc(=O)c3ccccc3o2)CC1. The smallest absolute Gasteiger partial charge is 0.287 e. The summed E-state index contributed by atoms with van der Waals surface area (Å²) in [4.78, 5) is 43.2. The van der Waals surface area contributed by atoms with Crippen LogP contribution in [0.3, 0.4) is 0 Å². The number of piperazine rings is 1. The van der Waals surface area contributed by atoms with E-state index < -0.39 is 11.9 Å². The molecule has 39 heavy (non-hydrogen) atoms. The van der Waals surface area contributed by atoms with E-state index in [1.807, 2.05) is 30.3 Å². The molecule has 1 aromatic heterocycles. The Kier molecular flexibility index (Phi) is 7.62. The summed E-state index contributed by atoms with van der Waals surface area (Å²) in [5, 5.41) is 13.2. The minimum atomic E-state index is -0.895. The molecule has 0 aliphatic carbocycles.